The van der Waals surface area contributed by atoms with E-state index in [4.69, 9.17) is 4.74 Å². The van der Waals surface area contributed by atoms with Crippen LogP contribution >= 0.6 is 0 Å². The predicted octanol–water partition coefficient (Wildman–Crippen LogP) is 4.20. The molecule has 1 aromatic rings. The minimum atomic E-state index is -0.815. The number of esters is 1. The van der Waals surface area contributed by atoms with Gasteiger partial charge < -0.3 is 10.1 Å². The fourth-order valence-electron chi connectivity index (χ4n) is 3.92. The van der Waals surface area contributed by atoms with Gasteiger partial charge >= 0.3 is 5.97 Å². The third kappa shape index (κ3) is 5.98. The van der Waals surface area contributed by atoms with Gasteiger partial charge in [-0.25, -0.2) is 8.78 Å². The second-order valence-electron chi connectivity index (χ2n) is 7.61. The molecule has 1 saturated heterocycles. The van der Waals surface area contributed by atoms with Crippen molar-refractivity contribution < 1.29 is 18.3 Å². The molecule has 1 fully saturated rings. The molecule has 1 aliphatic heterocycles. The predicted molar refractivity (Wildman–Crippen MR) is 102 cm³/mol. The molecule has 0 radical (unpaired) electrons. The van der Waals surface area contributed by atoms with E-state index in [-0.39, 0.29) is 24.1 Å². The largest absolute Gasteiger partial charge is 0.466 e. The van der Waals surface area contributed by atoms with Crippen LogP contribution in [0.2, 0.25) is 0 Å². The van der Waals surface area contributed by atoms with Crippen molar-refractivity contribution in [3.63, 3.8) is 0 Å². The summed E-state index contributed by atoms with van der Waals surface area (Å²) in [5.74, 6) is -1.77. The van der Waals surface area contributed by atoms with Crippen LogP contribution in [0.4, 0.5) is 8.78 Å². The fraction of sp³-hybridized carbons (Fsp3) is 0.667. The van der Waals surface area contributed by atoms with Crippen LogP contribution in [0, 0.1) is 11.6 Å². The Kier molecular flexibility index (Phi) is 8.17. The first-order chi connectivity index (χ1) is 12.8. The van der Waals surface area contributed by atoms with Crippen LogP contribution in [-0.2, 0) is 9.53 Å². The van der Waals surface area contributed by atoms with Gasteiger partial charge in [0.05, 0.1) is 12.6 Å². The maximum atomic E-state index is 13.8. The zero-order valence-electron chi connectivity index (χ0n) is 16.8. The first-order valence-corrected chi connectivity index (χ1v) is 9.95. The molecular formula is C21H32F2N2O2. The molecule has 27 heavy (non-hydrogen) atoms. The van der Waals surface area contributed by atoms with E-state index >= 15 is 0 Å². The second kappa shape index (κ2) is 10.1. The number of rotatable bonds is 9. The summed E-state index contributed by atoms with van der Waals surface area (Å²) in [5, 5.41) is 3.64. The zero-order valence-corrected chi connectivity index (χ0v) is 16.8. The van der Waals surface area contributed by atoms with E-state index in [0.29, 0.717) is 19.1 Å². The van der Waals surface area contributed by atoms with Crippen molar-refractivity contribution in [2.24, 2.45) is 0 Å². The van der Waals surface area contributed by atoms with E-state index < -0.39 is 11.6 Å². The topological polar surface area (TPSA) is 41.6 Å². The molecule has 0 aromatic heterocycles. The normalized spacial score (nSPS) is 21.6. The summed E-state index contributed by atoms with van der Waals surface area (Å²) in [6.45, 7) is 9.48. The third-order valence-electron chi connectivity index (χ3n) is 5.21. The highest BCUT2D eigenvalue weighted by Crippen LogP contribution is 2.35. The number of likely N-dealkylation sites (tertiary alicyclic amines) is 1. The lowest BCUT2D eigenvalue weighted by Gasteiger charge is -2.33. The molecule has 0 amide bonds. The SMILES string of the molecule is CCOC(=O)CCC[C@H](C)N[C@H]1CCN(C(C)C)[C@@H]1c1ccc(F)c(F)c1. The Bertz CT molecular complexity index is 624. The fourth-order valence-corrected chi connectivity index (χ4v) is 3.92. The molecule has 2 rings (SSSR count). The van der Waals surface area contributed by atoms with Crippen molar-refractivity contribution in [2.75, 3.05) is 13.2 Å². The van der Waals surface area contributed by atoms with Gasteiger partial charge in [0.1, 0.15) is 0 Å². The number of carbonyl (C=O) groups excluding carboxylic acids is 1. The van der Waals surface area contributed by atoms with E-state index in [9.17, 15) is 13.6 Å². The molecule has 1 aliphatic rings. The number of benzene rings is 1. The van der Waals surface area contributed by atoms with Crippen LogP contribution in [0.1, 0.15) is 65.0 Å². The standard InChI is InChI=1S/C21H32F2N2O2/c1-5-27-20(26)8-6-7-15(4)24-19-11-12-25(14(2)3)21(19)16-9-10-17(22)18(23)13-16/h9-10,13-15,19,21,24H,5-8,11-12H2,1-4H3/t15-,19-,21+/m0/s1. The van der Waals surface area contributed by atoms with Gasteiger partial charge in [-0.05, 0) is 64.7 Å². The Balaban J connectivity index is 2.01. The number of ether oxygens (including phenoxy) is 1. The maximum Gasteiger partial charge on any atom is 0.305 e. The van der Waals surface area contributed by atoms with Crippen LogP contribution in [0.5, 0.6) is 0 Å². The lowest BCUT2D eigenvalue weighted by molar-refractivity contribution is -0.143. The van der Waals surface area contributed by atoms with Gasteiger partial charge in [-0.3, -0.25) is 9.69 Å². The van der Waals surface area contributed by atoms with Crippen molar-refractivity contribution in [3.8, 4) is 0 Å². The number of carbonyl (C=O) groups is 1. The molecule has 0 bridgehead atoms. The number of halogens is 2. The Hall–Kier alpha value is -1.53. The van der Waals surface area contributed by atoms with Gasteiger partial charge in [0.15, 0.2) is 11.6 Å². The van der Waals surface area contributed by atoms with Crippen LogP contribution in [0.15, 0.2) is 18.2 Å². The molecule has 0 unspecified atom stereocenters. The highest BCUT2D eigenvalue weighted by Gasteiger charge is 2.37. The van der Waals surface area contributed by atoms with E-state index in [2.05, 4.69) is 31.0 Å². The number of hydrogen-bond donors (Lipinski definition) is 1. The van der Waals surface area contributed by atoms with E-state index in [1.807, 2.05) is 0 Å². The summed E-state index contributed by atoms with van der Waals surface area (Å²) >= 11 is 0. The Morgan fingerprint density at radius 2 is 2.04 bits per heavy atom. The quantitative estimate of drug-likeness (QED) is 0.650. The highest BCUT2D eigenvalue weighted by atomic mass is 19.2. The van der Waals surface area contributed by atoms with Crippen molar-refractivity contribution in [1.82, 2.24) is 10.2 Å². The molecule has 0 aliphatic carbocycles. The molecule has 0 saturated carbocycles. The van der Waals surface area contributed by atoms with Crippen LogP contribution < -0.4 is 5.32 Å². The monoisotopic (exact) mass is 382 g/mol. The van der Waals surface area contributed by atoms with Crippen LogP contribution in [0.3, 0.4) is 0 Å². The average molecular weight is 382 g/mol. The van der Waals surface area contributed by atoms with Gasteiger partial charge in [0.2, 0.25) is 0 Å². The Labute approximate surface area is 161 Å². The molecular weight excluding hydrogens is 350 g/mol. The number of nitrogens with one attached hydrogen (secondary N) is 1. The minimum absolute atomic E-state index is 0.00704. The molecule has 3 atom stereocenters. The first kappa shape index (κ1) is 21.8. The smallest absolute Gasteiger partial charge is 0.305 e. The summed E-state index contributed by atoms with van der Waals surface area (Å²) in [6.07, 6.45) is 3.00. The minimum Gasteiger partial charge on any atom is -0.466 e. The summed E-state index contributed by atoms with van der Waals surface area (Å²) < 4.78 is 32.1. The summed E-state index contributed by atoms with van der Waals surface area (Å²) in [6, 6.07) is 4.92. The lowest BCUT2D eigenvalue weighted by Crippen LogP contribution is -2.42. The second-order valence-corrected chi connectivity index (χ2v) is 7.61. The Morgan fingerprint density at radius 1 is 1.30 bits per heavy atom. The van der Waals surface area contributed by atoms with Crippen LogP contribution in [0.25, 0.3) is 0 Å². The lowest BCUT2D eigenvalue weighted by atomic mass is 9.97. The maximum absolute atomic E-state index is 13.8. The number of hydrogen-bond acceptors (Lipinski definition) is 4. The highest BCUT2D eigenvalue weighted by molar-refractivity contribution is 5.69. The van der Waals surface area contributed by atoms with Crippen molar-refractivity contribution >= 4 is 5.97 Å². The molecule has 6 heteroatoms. The van der Waals surface area contributed by atoms with Crippen molar-refractivity contribution in [1.29, 1.82) is 0 Å². The van der Waals surface area contributed by atoms with E-state index in [1.54, 1.807) is 13.0 Å². The summed E-state index contributed by atoms with van der Waals surface area (Å²) in [7, 11) is 0. The van der Waals surface area contributed by atoms with Gasteiger partial charge in [-0.2, -0.15) is 0 Å². The number of nitrogens with zero attached hydrogens (tertiary/aromatic N) is 1. The summed E-state index contributed by atoms with van der Waals surface area (Å²) in [4.78, 5) is 13.8. The van der Waals surface area contributed by atoms with Gasteiger partial charge in [0, 0.05) is 31.1 Å². The first-order valence-electron chi connectivity index (χ1n) is 9.95. The molecule has 4 nitrogen and oxygen atoms in total. The van der Waals surface area contributed by atoms with Crippen LogP contribution in [-0.4, -0.2) is 42.1 Å². The molecule has 1 N–H and O–H groups in total. The molecule has 152 valence electrons. The Morgan fingerprint density at radius 3 is 2.67 bits per heavy atom. The molecule has 0 spiro atoms. The average Bonchev–Trinajstić information content (AvgIpc) is 3.01. The molecule has 1 aromatic carbocycles. The van der Waals surface area contributed by atoms with Gasteiger partial charge in [0.25, 0.3) is 0 Å². The van der Waals surface area contributed by atoms with Gasteiger partial charge in [-0.15, -0.1) is 0 Å². The molecule has 1 heterocycles. The van der Waals surface area contributed by atoms with Crippen molar-refractivity contribution in [3.05, 3.63) is 35.4 Å². The van der Waals surface area contributed by atoms with Crippen molar-refractivity contribution in [2.45, 2.75) is 77.5 Å². The third-order valence-corrected chi connectivity index (χ3v) is 5.21. The van der Waals surface area contributed by atoms with Gasteiger partial charge in [-0.1, -0.05) is 6.07 Å². The van der Waals surface area contributed by atoms with E-state index in [1.165, 1.54) is 12.1 Å². The summed E-state index contributed by atoms with van der Waals surface area (Å²) in [5.41, 5.74) is 0.802. The zero-order chi connectivity index (χ0) is 20.0. The van der Waals surface area contributed by atoms with E-state index in [0.717, 1.165) is 31.4 Å².